The van der Waals surface area contributed by atoms with Crippen LogP contribution in [0.1, 0.15) is 80.4 Å². The monoisotopic (exact) mass is 712 g/mol. The Hall–Kier alpha value is -2.92. The van der Waals surface area contributed by atoms with Crippen molar-refractivity contribution in [3.63, 3.8) is 0 Å². The molecule has 2 aromatic heterocycles. The van der Waals surface area contributed by atoms with E-state index in [0.717, 1.165) is 25.9 Å². The number of rotatable bonds is 17. The number of nitrogens with one attached hydrogen (secondary N) is 2. The highest BCUT2D eigenvalue weighted by atomic mass is 31.2. The van der Waals surface area contributed by atoms with Crippen molar-refractivity contribution in [3.8, 4) is 0 Å². The van der Waals surface area contributed by atoms with Crippen molar-refractivity contribution in [1.82, 2.24) is 29.7 Å². The molecule has 17 nitrogen and oxygen atoms in total. The number of anilines is 2. The molecule has 6 atom stereocenters. The van der Waals surface area contributed by atoms with Crippen molar-refractivity contribution in [2.75, 3.05) is 43.5 Å². The molecule has 2 aromatic rings. The van der Waals surface area contributed by atoms with Gasteiger partial charge < -0.3 is 39.6 Å². The quantitative estimate of drug-likeness (QED) is 0.117. The minimum Gasteiger partial charge on any atom is -0.465 e. The molecule has 0 radical (unpaired) electrons. The summed E-state index contributed by atoms with van der Waals surface area (Å²) in [6.07, 6.45) is -0.0125. The van der Waals surface area contributed by atoms with Gasteiger partial charge in [0.2, 0.25) is 5.95 Å². The lowest BCUT2D eigenvalue weighted by molar-refractivity contribution is -0.146. The second kappa shape index (κ2) is 16.4. The van der Waals surface area contributed by atoms with Crippen molar-refractivity contribution in [3.05, 3.63) is 6.33 Å². The van der Waals surface area contributed by atoms with Crippen LogP contribution >= 0.6 is 7.67 Å². The van der Waals surface area contributed by atoms with Crippen LogP contribution in [0.25, 0.3) is 11.2 Å². The van der Waals surface area contributed by atoms with E-state index < -0.39 is 62.3 Å². The molecule has 6 N–H and O–H groups in total. The van der Waals surface area contributed by atoms with E-state index in [1.165, 1.54) is 17.8 Å². The Balaban J connectivity index is 1.63. The minimum atomic E-state index is -4.30. The summed E-state index contributed by atoms with van der Waals surface area (Å²) in [6, 6.07) is -2.12. The highest BCUT2D eigenvalue weighted by molar-refractivity contribution is 7.54. The van der Waals surface area contributed by atoms with Crippen molar-refractivity contribution < 1.29 is 43.1 Å². The molecular formula is C31H53N8O9P. The summed E-state index contributed by atoms with van der Waals surface area (Å²) in [5.41, 5.74) is 4.96. The van der Waals surface area contributed by atoms with Crippen LogP contribution in [0.3, 0.4) is 0 Å². The molecule has 2 aliphatic heterocycles. The zero-order valence-electron chi connectivity index (χ0n) is 29.5. The number of carbonyl (C=O) groups is 2. The summed E-state index contributed by atoms with van der Waals surface area (Å²) in [7, 11) is -4.30. The van der Waals surface area contributed by atoms with Crippen LogP contribution < -0.4 is 20.8 Å². The maximum Gasteiger partial charge on any atom is 0.342 e. The van der Waals surface area contributed by atoms with Crippen molar-refractivity contribution in [1.29, 1.82) is 0 Å². The fraction of sp³-hybridized carbons (Fsp3) is 0.774. The maximum atomic E-state index is 14.6. The minimum absolute atomic E-state index is 0.00319. The Bertz CT molecular complexity index is 1440. The molecule has 2 fully saturated rings. The van der Waals surface area contributed by atoms with Crippen LogP contribution in [0.2, 0.25) is 0 Å². The predicted molar refractivity (Wildman–Crippen MR) is 181 cm³/mol. The van der Waals surface area contributed by atoms with E-state index in [2.05, 4.69) is 30.0 Å². The van der Waals surface area contributed by atoms with Crippen molar-refractivity contribution in [2.24, 2.45) is 11.8 Å². The third kappa shape index (κ3) is 9.25. The van der Waals surface area contributed by atoms with Crippen LogP contribution in [-0.4, -0.2) is 104 Å². The second-order valence-corrected chi connectivity index (χ2v) is 15.5. The fourth-order valence-electron chi connectivity index (χ4n) is 6.15. The van der Waals surface area contributed by atoms with Crippen molar-refractivity contribution >= 4 is 42.5 Å². The maximum absolute atomic E-state index is 14.6. The lowest BCUT2D eigenvalue weighted by Crippen LogP contribution is -2.47. The Morgan fingerprint density at radius 1 is 1.06 bits per heavy atom. The lowest BCUT2D eigenvalue weighted by Gasteiger charge is -2.30. The molecule has 276 valence electrons. The van der Waals surface area contributed by atoms with Gasteiger partial charge in [0.15, 0.2) is 23.2 Å². The third-order valence-corrected chi connectivity index (χ3v) is 10.3. The van der Waals surface area contributed by atoms with E-state index in [4.69, 9.17) is 24.5 Å². The van der Waals surface area contributed by atoms with E-state index in [1.54, 1.807) is 13.8 Å². The average molecular weight is 713 g/mol. The Morgan fingerprint density at radius 2 is 1.61 bits per heavy atom. The zero-order valence-corrected chi connectivity index (χ0v) is 30.4. The van der Waals surface area contributed by atoms with E-state index in [1.807, 2.05) is 27.7 Å². The molecule has 0 amide bonds. The molecule has 2 saturated heterocycles. The van der Waals surface area contributed by atoms with Gasteiger partial charge in [0, 0.05) is 13.1 Å². The molecule has 2 aliphatic rings. The highest BCUT2D eigenvalue weighted by Crippen LogP contribution is 2.45. The molecule has 0 bridgehead atoms. The van der Waals surface area contributed by atoms with Crippen LogP contribution in [0, 0.1) is 11.8 Å². The van der Waals surface area contributed by atoms with Gasteiger partial charge in [0.05, 0.1) is 26.1 Å². The molecule has 0 spiro atoms. The Morgan fingerprint density at radius 3 is 2.12 bits per heavy atom. The molecular weight excluding hydrogens is 659 g/mol. The summed E-state index contributed by atoms with van der Waals surface area (Å²) < 4.78 is 38.7. The summed E-state index contributed by atoms with van der Waals surface area (Å²) in [5, 5.41) is 28.5. The van der Waals surface area contributed by atoms with E-state index in [0.29, 0.717) is 17.0 Å². The van der Waals surface area contributed by atoms with Crippen LogP contribution in [0.5, 0.6) is 0 Å². The van der Waals surface area contributed by atoms with Gasteiger partial charge in [-0.1, -0.05) is 27.7 Å². The number of aliphatic hydroxyl groups is 2. The summed E-state index contributed by atoms with van der Waals surface area (Å²) in [5.74, 6) is -0.694. The molecule has 4 heterocycles. The number of imidazole rings is 1. The number of ether oxygens (including phenoxy) is 3. The topological polar surface area (TPSA) is 226 Å². The first-order valence-electron chi connectivity index (χ1n) is 17.0. The first-order chi connectivity index (χ1) is 23.1. The number of nitrogen functional groups attached to an aromatic ring is 1. The smallest absolute Gasteiger partial charge is 0.342 e. The number of fused-ring (bicyclic) bond motifs is 1. The molecule has 0 aromatic carbocycles. The van der Waals surface area contributed by atoms with E-state index in [9.17, 15) is 24.4 Å². The van der Waals surface area contributed by atoms with Gasteiger partial charge in [0.1, 0.15) is 29.9 Å². The van der Waals surface area contributed by atoms with E-state index >= 15 is 0 Å². The second-order valence-electron chi connectivity index (χ2n) is 13.6. The van der Waals surface area contributed by atoms with Crippen LogP contribution in [0.4, 0.5) is 11.8 Å². The Labute approximate surface area is 287 Å². The number of hydrogen-bond donors (Lipinski definition) is 5. The Kier molecular flexibility index (Phi) is 13.0. The largest absolute Gasteiger partial charge is 0.465 e. The van der Waals surface area contributed by atoms with Gasteiger partial charge in [-0.3, -0.25) is 18.7 Å². The van der Waals surface area contributed by atoms with Gasteiger partial charge in [-0.15, -0.1) is 0 Å². The number of nitrogens with two attached hydrogens (primary N) is 1. The number of esters is 2. The first kappa shape index (κ1) is 38.9. The fourth-order valence-corrected chi connectivity index (χ4v) is 7.97. The molecule has 0 saturated carbocycles. The van der Waals surface area contributed by atoms with Gasteiger partial charge in [-0.25, -0.2) is 15.2 Å². The standard InChI is InChI=1S/C31H53N8O9P/c1-8-45-27(41)20(14-18(3)4)36-49(44,37-21(15-19(5)6)28(42)46-9-2)47-16-22-24(40)31(7,43)29(48-22)39-17-33-23-25(38-12-10-11-13-38)34-30(32)35-26(23)39/h17-22,24,29,40,43H,8-16H2,1-7H3,(H2,32,34,35)(H2,36,37,44)/t20-,21-,22+,24?,29+,31-/m0/s1. The van der Waals surface area contributed by atoms with Gasteiger partial charge in [-0.2, -0.15) is 9.97 Å². The average Bonchev–Trinajstić information content (AvgIpc) is 3.74. The van der Waals surface area contributed by atoms with Gasteiger partial charge in [-0.05, 0) is 58.3 Å². The summed E-state index contributed by atoms with van der Waals surface area (Å²) in [4.78, 5) is 41.3. The van der Waals surface area contributed by atoms with Gasteiger partial charge >= 0.3 is 19.6 Å². The third-order valence-electron chi connectivity index (χ3n) is 8.46. The molecule has 49 heavy (non-hydrogen) atoms. The molecule has 1 unspecified atom stereocenters. The first-order valence-corrected chi connectivity index (χ1v) is 18.7. The highest BCUT2D eigenvalue weighted by Gasteiger charge is 2.54. The summed E-state index contributed by atoms with van der Waals surface area (Å²) >= 11 is 0. The number of carbonyl (C=O) groups excluding carboxylic acids is 2. The predicted octanol–water partition coefficient (Wildman–Crippen LogP) is 2.28. The number of aromatic nitrogens is 4. The molecule has 18 heteroatoms. The molecule has 0 aliphatic carbocycles. The normalized spacial score (nSPS) is 24.2. The number of aliphatic hydroxyl groups excluding tert-OH is 1. The van der Waals surface area contributed by atoms with E-state index in [-0.39, 0.29) is 43.8 Å². The van der Waals surface area contributed by atoms with Gasteiger partial charge in [0.25, 0.3) is 0 Å². The lowest BCUT2D eigenvalue weighted by atomic mass is 9.96. The number of nitrogens with zero attached hydrogens (tertiary/aromatic N) is 5. The molecule has 4 rings (SSSR count). The van der Waals surface area contributed by atoms with Crippen molar-refractivity contribution in [2.45, 2.75) is 110 Å². The van der Waals surface area contributed by atoms with Crippen LogP contribution in [0.15, 0.2) is 6.33 Å². The summed E-state index contributed by atoms with van der Waals surface area (Å²) in [6.45, 7) is 13.6. The zero-order chi connectivity index (χ0) is 36.1. The van der Waals surface area contributed by atoms with Crippen LogP contribution in [-0.2, 0) is 32.9 Å². The SMILES string of the molecule is CCOC(=O)[C@H](CC(C)C)NP(=O)(N[C@@H](CC(C)C)C(=O)OCC)OC[C@H]1O[C@@H](n2cnc3c(N4CCCC4)nc(N)nc32)[C@@](C)(O)C1O. The number of hydrogen-bond acceptors (Lipinski definition) is 14.